The van der Waals surface area contributed by atoms with Crippen LogP contribution in [0.4, 0.5) is 0 Å². The second-order valence-corrected chi connectivity index (χ2v) is 6.39. The summed E-state index contributed by atoms with van der Waals surface area (Å²) in [4.78, 5) is 16.5. The quantitative estimate of drug-likeness (QED) is 0.743. The molecule has 3 rings (SSSR count). The predicted octanol–water partition coefficient (Wildman–Crippen LogP) is 3.91. The highest BCUT2D eigenvalue weighted by atomic mass is 35.5. The van der Waals surface area contributed by atoms with Crippen molar-refractivity contribution in [2.75, 3.05) is 0 Å². The second-order valence-electron chi connectivity index (χ2n) is 4.12. The molecule has 21 heavy (non-hydrogen) atoms. The number of fused-ring (bicyclic) bond motifs is 1. The van der Waals surface area contributed by atoms with Crippen molar-refractivity contribution in [3.05, 3.63) is 44.2 Å². The molecule has 0 aliphatic heterocycles. The van der Waals surface area contributed by atoms with Gasteiger partial charge in [-0.3, -0.25) is 9.89 Å². The van der Waals surface area contributed by atoms with E-state index >= 15 is 0 Å². The summed E-state index contributed by atoms with van der Waals surface area (Å²) in [6.07, 6.45) is 1.37. The number of hydrogen-bond donors (Lipinski definition) is 2. The maximum Gasteiger partial charge on any atom is 0.263 e. The summed E-state index contributed by atoms with van der Waals surface area (Å²) < 4.78 is 0.766. The van der Waals surface area contributed by atoms with Gasteiger partial charge in [0.05, 0.1) is 16.6 Å². The maximum atomic E-state index is 12.2. The minimum atomic E-state index is -0.301. The van der Waals surface area contributed by atoms with Crippen LogP contribution in [0.15, 0.2) is 18.5 Å². The van der Waals surface area contributed by atoms with Gasteiger partial charge < -0.3 is 5.32 Å². The van der Waals surface area contributed by atoms with Gasteiger partial charge in [0.15, 0.2) is 0 Å². The lowest BCUT2D eigenvalue weighted by atomic mass is 10.2. The molecule has 0 saturated heterocycles. The molecule has 1 aromatic carbocycles. The first-order valence-electron chi connectivity index (χ1n) is 5.75. The first kappa shape index (κ1) is 14.6. The number of amides is 1. The molecule has 2 N–H and O–H groups in total. The fraction of sp³-hybridized carbons (Fsp3) is 0.0833. The van der Waals surface area contributed by atoms with Crippen LogP contribution in [0.5, 0.6) is 0 Å². The first-order chi connectivity index (χ1) is 10.1. The number of H-pyrrole nitrogens is 1. The van der Waals surface area contributed by atoms with E-state index in [1.54, 1.807) is 12.1 Å². The summed E-state index contributed by atoms with van der Waals surface area (Å²) in [5.74, 6) is 0.256. The number of nitrogens with one attached hydrogen (secondary N) is 2. The van der Waals surface area contributed by atoms with Gasteiger partial charge in [0.25, 0.3) is 5.91 Å². The predicted molar refractivity (Wildman–Crippen MR) is 84.4 cm³/mol. The molecule has 0 fully saturated rings. The molecule has 0 spiro atoms. The van der Waals surface area contributed by atoms with Crippen molar-refractivity contribution in [2.45, 2.75) is 6.54 Å². The molecule has 0 aliphatic carbocycles. The number of benzene rings is 1. The van der Waals surface area contributed by atoms with Gasteiger partial charge in [-0.25, -0.2) is 4.98 Å². The molecule has 9 heteroatoms. The van der Waals surface area contributed by atoms with E-state index in [9.17, 15) is 4.79 Å². The van der Waals surface area contributed by atoms with Crippen molar-refractivity contribution >= 4 is 62.1 Å². The fourth-order valence-corrected chi connectivity index (χ4v) is 4.11. The van der Waals surface area contributed by atoms with E-state index in [0.717, 1.165) is 4.70 Å². The van der Waals surface area contributed by atoms with E-state index in [2.05, 4.69) is 20.5 Å². The SMILES string of the molecule is O=C(NCc1ncn[nH]1)c1sc2cc(Cl)cc(Cl)c2c1Cl. The largest absolute Gasteiger partial charge is 0.344 e. The van der Waals surface area contributed by atoms with Crippen LogP contribution in [0.25, 0.3) is 10.1 Å². The molecule has 0 unspecified atom stereocenters. The molecule has 0 saturated carbocycles. The van der Waals surface area contributed by atoms with Crippen LogP contribution in [-0.2, 0) is 6.54 Å². The Bertz CT molecular complexity index is 816. The Morgan fingerprint density at radius 1 is 1.33 bits per heavy atom. The summed E-state index contributed by atoms with van der Waals surface area (Å²) in [6, 6.07) is 3.33. The van der Waals surface area contributed by atoms with Gasteiger partial charge in [0, 0.05) is 15.1 Å². The van der Waals surface area contributed by atoms with Crippen molar-refractivity contribution in [3.8, 4) is 0 Å². The van der Waals surface area contributed by atoms with Crippen molar-refractivity contribution in [2.24, 2.45) is 0 Å². The van der Waals surface area contributed by atoms with Crippen LogP contribution in [0.3, 0.4) is 0 Å². The molecular weight excluding hydrogens is 355 g/mol. The molecule has 1 amide bonds. The average Bonchev–Trinajstić information content (AvgIpc) is 3.04. The Kier molecular flexibility index (Phi) is 4.03. The number of thiophene rings is 1. The Balaban J connectivity index is 1.91. The van der Waals surface area contributed by atoms with E-state index in [4.69, 9.17) is 34.8 Å². The lowest BCUT2D eigenvalue weighted by molar-refractivity contribution is 0.0954. The fourth-order valence-electron chi connectivity index (χ4n) is 1.82. The molecule has 0 radical (unpaired) electrons. The number of aromatic nitrogens is 3. The summed E-state index contributed by atoms with van der Waals surface area (Å²) in [5.41, 5.74) is 0. The number of carbonyl (C=O) groups excluding carboxylic acids is 1. The van der Waals surface area contributed by atoms with Gasteiger partial charge >= 0.3 is 0 Å². The topological polar surface area (TPSA) is 70.7 Å². The smallest absolute Gasteiger partial charge is 0.263 e. The molecular formula is C12H7Cl3N4OS. The lowest BCUT2D eigenvalue weighted by Gasteiger charge is -2.01. The van der Waals surface area contributed by atoms with Gasteiger partial charge in [-0.15, -0.1) is 11.3 Å². The number of aromatic amines is 1. The van der Waals surface area contributed by atoms with Crippen LogP contribution in [-0.4, -0.2) is 21.1 Å². The van der Waals surface area contributed by atoms with Gasteiger partial charge in [-0.1, -0.05) is 34.8 Å². The summed E-state index contributed by atoms with van der Waals surface area (Å²) >= 11 is 19.6. The third kappa shape index (κ3) is 2.85. The van der Waals surface area contributed by atoms with Gasteiger partial charge in [0.1, 0.15) is 17.0 Å². The number of halogens is 3. The van der Waals surface area contributed by atoms with E-state index in [1.807, 2.05) is 0 Å². The minimum absolute atomic E-state index is 0.234. The second kappa shape index (κ2) is 5.81. The zero-order valence-electron chi connectivity index (χ0n) is 10.3. The maximum absolute atomic E-state index is 12.2. The highest BCUT2D eigenvalue weighted by Crippen LogP contribution is 2.41. The Morgan fingerprint density at radius 2 is 2.14 bits per heavy atom. The molecule has 108 valence electrons. The monoisotopic (exact) mass is 360 g/mol. The molecule has 2 aromatic heterocycles. The van der Waals surface area contributed by atoms with E-state index in [-0.39, 0.29) is 12.5 Å². The normalized spacial score (nSPS) is 11.0. The highest BCUT2D eigenvalue weighted by Gasteiger charge is 2.19. The molecule has 3 aromatic rings. The Morgan fingerprint density at radius 3 is 2.86 bits per heavy atom. The lowest BCUT2D eigenvalue weighted by Crippen LogP contribution is -2.22. The highest BCUT2D eigenvalue weighted by molar-refractivity contribution is 7.21. The zero-order chi connectivity index (χ0) is 15.0. The third-order valence-electron chi connectivity index (χ3n) is 2.74. The number of hydrogen-bond acceptors (Lipinski definition) is 4. The van der Waals surface area contributed by atoms with Crippen LogP contribution >= 0.6 is 46.1 Å². The standard InChI is InChI=1S/C12H7Cl3N4OS/c13-5-1-6(14)9-7(2-5)21-11(10(9)15)12(20)16-3-8-17-4-18-19-8/h1-2,4H,3H2,(H,16,20)(H,17,18,19). The number of carbonyl (C=O) groups is 1. The molecule has 0 bridgehead atoms. The van der Waals surface area contributed by atoms with Crippen LogP contribution in [0.2, 0.25) is 15.1 Å². The van der Waals surface area contributed by atoms with E-state index < -0.39 is 0 Å². The van der Waals surface area contributed by atoms with Gasteiger partial charge in [-0.05, 0) is 12.1 Å². The number of nitrogens with zero attached hydrogens (tertiary/aromatic N) is 2. The Labute approximate surface area is 138 Å². The zero-order valence-corrected chi connectivity index (χ0v) is 13.4. The molecule has 5 nitrogen and oxygen atoms in total. The van der Waals surface area contributed by atoms with Crippen LogP contribution in [0, 0.1) is 0 Å². The molecule has 0 atom stereocenters. The van der Waals surface area contributed by atoms with Crippen molar-refractivity contribution in [1.29, 1.82) is 0 Å². The number of rotatable bonds is 3. The van der Waals surface area contributed by atoms with Crippen molar-refractivity contribution < 1.29 is 4.79 Å². The van der Waals surface area contributed by atoms with Gasteiger partial charge in [0.2, 0.25) is 0 Å². The van der Waals surface area contributed by atoms with Crippen LogP contribution < -0.4 is 5.32 Å². The Hall–Kier alpha value is -1.34. The average molecular weight is 362 g/mol. The molecule has 2 heterocycles. The molecule has 0 aliphatic rings. The van der Waals surface area contributed by atoms with E-state index in [0.29, 0.717) is 31.2 Å². The van der Waals surface area contributed by atoms with Crippen LogP contribution in [0.1, 0.15) is 15.5 Å². The summed E-state index contributed by atoms with van der Waals surface area (Å²) in [6.45, 7) is 0.234. The first-order valence-corrected chi connectivity index (χ1v) is 7.71. The third-order valence-corrected chi connectivity index (χ3v) is 4.88. The van der Waals surface area contributed by atoms with Crippen molar-refractivity contribution in [3.63, 3.8) is 0 Å². The van der Waals surface area contributed by atoms with Crippen molar-refractivity contribution in [1.82, 2.24) is 20.5 Å². The minimum Gasteiger partial charge on any atom is -0.344 e. The van der Waals surface area contributed by atoms with Gasteiger partial charge in [-0.2, -0.15) is 5.10 Å². The summed E-state index contributed by atoms with van der Waals surface area (Å²) in [5, 5.41) is 11.0. The summed E-state index contributed by atoms with van der Waals surface area (Å²) in [7, 11) is 0. The van der Waals surface area contributed by atoms with E-state index in [1.165, 1.54) is 17.7 Å².